The molecule has 3 aromatic carbocycles. The summed E-state index contributed by atoms with van der Waals surface area (Å²) in [5.74, 6) is 0.0240. The fraction of sp³-hybridized carbons (Fsp3) is 0.120. The van der Waals surface area contributed by atoms with Gasteiger partial charge in [0.2, 0.25) is 0 Å². The number of aromatic hydroxyl groups is 1. The molecule has 0 bridgehead atoms. The van der Waals surface area contributed by atoms with Gasteiger partial charge in [-0.3, -0.25) is 4.79 Å². The van der Waals surface area contributed by atoms with Crippen molar-refractivity contribution in [1.82, 2.24) is 4.98 Å². The summed E-state index contributed by atoms with van der Waals surface area (Å²) < 4.78 is 0. The molecule has 30 heavy (non-hydrogen) atoms. The summed E-state index contributed by atoms with van der Waals surface area (Å²) in [5.41, 5.74) is 4.65. The number of hydrogen-bond donors (Lipinski definition) is 2. The van der Waals surface area contributed by atoms with Crippen LogP contribution in [0.15, 0.2) is 84.2 Å². The highest BCUT2D eigenvalue weighted by Gasteiger charge is 2.13. The highest BCUT2D eigenvalue weighted by atomic mass is 32.1. The predicted molar refractivity (Wildman–Crippen MR) is 121 cm³/mol. The normalized spacial score (nSPS) is 10.7. The molecule has 4 aromatic rings. The number of rotatable bonds is 7. The van der Waals surface area contributed by atoms with E-state index in [4.69, 9.17) is 0 Å². The topological polar surface area (TPSA) is 62.2 Å². The van der Waals surface area contributed by atoms with Crippen LogP contribution < -0.4 is 5.32 Å². The molecule has 4 nitrogen and oxygen atoms in total. The number of thiazole rings is 1. The Morgan fingerprint density at radius 1 is 0.900 bits per heavy atom. The second-order valence-electron chi connectivity index (χ2n) is 7.06. The van der Waals surface area contributed by atoms with E-state index in [0.717, 1.165) is 29.1 Å². The minimum absolute atomic E-state index is 0.219. The standard InChI is InChI=1S/C25H22N2O2S/c28-22-14-13-19(12-11-18-7-3-1-4-8-18)20(15-22)16-24-27-23(17-30-24)25(29)26-21-9-5-2-6-10-21/h1-10,13-15,17,28H,11-12,16H2,(H,26,29). The van der Waals surface area contributed by atoms with E-state index in [-0.39, 0.29) is 11.7 Å². The van der Waals surface area contributed by atoms with Gasteiger partial charge in [0.25, 0.3) is 5.91 Å². The van der Waals surface area contributed by atoms with Gasteiger partial charge < -0.3 is 10.4 Å². The number of hydrogen-bond acceptors (Lipinski definition) is 4. The van der Waals surface area contributed by atoms with E-state index in [1.54, 1.807) is 17.5 Å². The van der Waals surface area contributed by atoms with Crippen LogP contribution in [0, 0.1) is 0 Å². The first-order valence-electron chi connectivity index (χ1n) is 9.83. The van der Waals surface area contributed by atoms with Crippen LogP contribution in [-0.2, 0) is 19.3 Å². The van der Waals surface area contributed by atoms with Crippen molar-refractivity contribution in [3.63, 3.8) is 0 Å². The number of nitrogens with one attached hydrogen (secondary N) is 1. The van der Waals surface area contributed by atoms with Crippen LogP contribution in [0.3, 0.4) is 0 Å². The monoisotopic (exact) mass is 414 g/mol. The van der Waals surface area contributed by atoms with E-state index in [1.165, 1.54) is 22.5 Å². The smallest absolute Gasteiger partial charge is 0.275 e. The second-order valence-corrected chi connectivity index (χ2v) is 8.00. The molecule has 0 saturated heterocycles. The summed E-state index contributed by atoms with van der Waals surface area (Å²) in [6, 6.07) is 25.2. The van der Waals surface area contributed by atoms with Crippen LogP contribution in [0.25, 0.3) is 0 Å². The first-order chi connectivity index (χ1) is 14.7. The summed E-state index contributed by atoms with van der Waals surface area (Å²) in [6.07, 6.45) is 2.40. The molecule has 5 heteroatoms. The molecule has 0 aliphatic carbocycles. The van der Waals surface area contributed by atoms with Crippen molar-refractivity contribution < 1.29 is 9.90 Å². The summed E-state index contributed by atoms with van der Waals surface area (Å²) in [4.78, 5) is 17.0. The molecule has 0 spiro atoms. The van der Waals surface area contributed by atoms with Crippen molar-refractivity contribution in [2.75, 3.05) is 5.32 Å². The average molecular weight is 415 g/mol. The van der Waals surface area contributed by atoms with Gasteiger partial charge in [-0.1, -0.05) is 54.6 Å². The van der Waals surface area contributed by atoms with Gasteiger partial charge in [-0.25, -0.2) is 4.98 Å². The van der Waals surface area contributed by atoms with Gasteiger partial charge in [0.1, 0.15) is 11.4 Å². The number of aryl methyl sites for hydroxylation is 2. The second kappa shape index (κ2) is 9.37. The third-order valence-electron chi connectivity index (χ3n) is 4.87. The molecule has 0 saturated carbocycles. The lowest BCUT2D eigenvalue weighted by Crippen LogP contribution is -2.12. The van der Waals surface area contributed by atoms with Crippen LogP contribution in [-0.4, -0.2) is 16.0 Å². The third kappa shape index (κ3) is 5.13. The summed E-state index contributed by atoms with van der Waals surface area (Å²) >= 11 is 1.46. The number of carbonyl (C=O) groups excluding carboxylic acids is 1. The van der Waals surface area contributed by atoms with Gasteiger partial charge in [0, 0.05) is 17.5 Å². The van der Waals surface area contributed by atoms with Crippen molar-refractivity contribution in [3.8, 4) is 5.75 Å². The maximum atomic E-state index is 12.5. The Labute approximate surface area is 179 Å². The van der Waals surface area contributed by atoms with E-state index in [9.17, 15) is 9.90 Å². The number of benzene rings is 3. The zero-order valence-corrected chi connectivity index (χ0v) is 17.2. The molecule has 1 aromatic heterocycles. The van der Waals surface area contributed by atoms with Crippen LogP contribution in [0.2, 0.25) is 0 Å². The van der Waals surface area contributed by atoms with E-state index in [1.807, 2.05) is 54.6 Å². The summed E-state index contributed by atoms with van der Waals surface area (Å²) in [7, 11) is 0. The first-order valence-corrected chi connectivity index (χ1v) is 10.7. The average Bonchev–Trinajstić information content (AvgIpc) is 3.23. The van der Waals surface area contributed by atoms with Crippen LogP contribution in [0.5, 0.6) is 5.75 Å². The SMILES string of the molecule is O=C(Nc1ccccc1)c1csc(Cc2cc(O)ccc2CCc2ccccc2)n1. The number of phenolic OH excluding ortho intramolecular Hbond substituents is 1. The molecule has 1 amide bonds. The first kappa shape index (κ1) is 19.9. The fourth-order valence-corrected chi connectivity index (χ4v) is 4.12. The minimum Gasteiger partial charge on any atom is -0.508 e. The van der Waals surface area contributed by atoms with Gasteiger partial charge in [-0.15, -0.1) is 11.3 Å². The van der Waals surface area contributed by atoms with Crippen LogP contribution >= 0.6 is 11.3 Å². The molecular weight excluding hydrogens is 392 g/mol. The van der Waals surface area contributed by atoms with E-state index in [2.05, 4.69) is 22.4 Å². The number of nitrogens with zero attached hydrogens (tertiary/aromatic N) is 1. The number of aromatic nitrogens is 1. The molecule has 0 aliphatic heterocycles. The largest absolute Gasteiger partial charge is 0.508 e. The molecular formula is C25H22N2O2S. The maximum absolute atomic E-state index is 12.5. The summed E-state index contributed by atoms with van der Waals surface area (Å²) in [5, 5.41) is 15.5. The lowest BCUT2D eigenvalue weighted by molar-refractivity contribution is 0.102. The Bertz CT molecular complexity index is 1120. The quantitative estimate of drug-likeness (QED) is 0.421. The van der Waals surface area contributed by atoms with Crippen molar-refractivity contribution in [2.45, 2.75) is 19.3 Å². The Kier molecular flexibility index (Phi) is 6.20. The van der Waals surface area contributed by atoms with Gasteiger partial charge in [-0.05, 0) is 53.8 Å². The Morgan fingerprint density at radius 3 is 2.40 bits per heavy atom. The van der Waals surface area contributed by atoms with Gasteiger partial charge in [0.15, 0.2) is 0 Å². The molecule has 0 radical (unpaired) electrons. The Balaban J connectivity index is 1.46. The fourth-order valence-electron chi connectivity index (χ4n) is 3.32. The number of para-hydroxylation sites is 1. The number of carbonyl (C=O) groups is 1. The maximum Gasteiger partial charge on any atom is 0.275 e. The summed E-state index contributed by atoms with van der Waals surface area (Å²) in [6.45, 7) is 0. The molecule has 0 unspecified atom stereocenters. The molecule has 1 heterocycles. The van der Waals surface area contributed by atoms with E-state index in [0.29, 0.717) is 12.1 Å². The van der Waals surface area contributed by atoms with Crippen LogP contribution in [0.4, 0.5) is 5.69 Å². The molecule has 0 fully saturated rings. The zero-order chi connectivity index (χ0) is 20.8. The van der Waals surface area contributed by atoms with Crippen LogP contribution in [0.1, 0.15) is 32.2 Å². The molecule has 4 rings (SSSR count). The molecule has 0 atom stereocenters. The molecule has 0 aliphatic rings. The number of anilines is 1. The number of amides is 1. The molecule has 2 N–H and O–H groups in total. The zero-order valence-electron chi connectivity index (χ0n) is 16.4. The van der Waals surface area contributed by atoms with Crippen molar-refractivity contribution >= 4 is 22.9 Å². The highest BCUT2D eigenvalue weighted by molar-refractivity contribution is 7.09. The van der Waals surface area contributed by atoms with Crippen molar-refractivity contribution in [2.24, 2.45) is 0 Å². The lowest BCUT2D eigenvalue weighted by Gasteiger charge is -2.09. The third-order valence-corrected chi connectivity index (χ3v) is 5.72. The van der Waals surface area contributed by atoms with Gasteiger partial charge >= 0.3 is 0 Å². The van der Waals surface area contributed by atoms with Gasteiger partial charge in [0.05, 0.1) is 5.01 Å². The predicted octanol–water partition coefficient (Wildman–Crippen LogP) is 5.48. The lowest BCUT2D eigenvalue weighted by atomic mass is 9.98. The van der Waals surface area contributed by atoms with E-state index >= 15 is 0 Å². The van der Waals surface area contributed by atoms with Crippen molar-refractivity contribution in [3.05, 3.63) is 112 Å². The molecule has 150 valence electrons. The Hall–Kier alpha value is -3.44. The van der Waals surface area contributed by atoms with E-state index < -0.39 is 0 Å². The van der Waals surface area contributed by atoms with Crippen molar-refractivity contribution in [1.29, 1.82) is 0 Å². The minimum atomic E-state index is -0.219. The van der Waals surface area contributed by atoms with Gasteiger partial charge in [-0.2, -0.15) is 0 Å². The highest BCUT2D eigenvalue weighted by Crippen LogP contribution is 2.23. The number of phenols is 1. The Morgan fingerprint density at radius 2 is 1.63 bits per heavy atom.